The number of carbonyl (C=O) groups excluding carboxylic acids is 2. The molecule has 1 aromatic carbocycles. The number of benzene rings is 1. The van der Waals surface area contributed by atoms with Crippen LogP contribution in [-0.4, -0.2) is 16.9 Å². The monoisotopic (exact) mass is 370 g/mol. The summed E-state index contributed by atoms with van der Waals surface area (Å²) in [5, 5.41) is 14.6. The first-order chi connectivity index (χ1) is 9.98. The number of aliphatic carboxylic acids is 1. The molecule has 22 heavy (non-hydrogen) atoms. The number of anilines is 1. The van der Waals surface area contributed by atoms with Crippen molar-refractivity contribution in [3.05, 3.63) is 34.9 Å². The van der Waals surface area contributed by atoms with Gasteiger partial charge in [0.05, 0.1) is 17.4 Å². The molecule has 1 saturated carbocycles. The number of halogens is 1. The molecule has 0 radical (unpaired) electrons. The molecule has 1 aromatic heterocycles. The number of hydrogen-bond donors (Lipinski definition) is 1. The fraction of sp³-hybridized carbons (Fsp3) is 0.267. The number of nitrogens with one attached hydrogen (secondary N) is 1. The number of amides is 1. The van der Waals surface area contributed by atoms with Crippen molar-refractivity contribution >= 4 is 44.4 Å². The van der Waals surface area contributed by atoms with Gasteiger partial charge < -0.3 is 15.2 Å². The number of fused-ring (bicyclic) bond motifs is 1. The fourth-order valence-corrected chi connectivity index (χ4v) is 2.67. The van der Waals surface area contributed by atoms with Crippen molar-refractivity contribution in [1.29, 1.82) is 0 Å². The van der Waals surface area contributed by atoms with Gasteiger partial charge >= 0.3 is 29.6 Å². The topological polar surface area (TPSA) is 82.1 Å². The smallest absolute Gasteiger partial charge is 0.550 e. The first-order valence-electron chi connectivity index (χ1n) is 6.55. The van der Waals surface area contributed by atoms with Crippen molar-refractivity contribution in [2.24, 2.45) is 5.41 Å². The van der Waals surface area contributed by atoms with Crippen molar-refractivity contribution in [1.82, 2.24) is 4.98 Å². The summed E-state index contributed by atoms with van der Waals surface area (Å²) in [4.78, 5) is 27.2. The number of carboxylic acid groups (broad SMARTS) is 1. The summed E-state index contributed by atoms with van der Waals surface area (Å²) in [6, 6.07) is 7.48. The summed E-state index contributed by atoms with van der Waals surface area (Å²) in [5.74, 6) is -1.47. The van der Waals surface area contributed by atoms with Crippen LogP contribution in [0.1, 0.15) is 19.3 Å². The average molecular weight is 371 g/mol. The zero-order valence-corrected chi connectivity index (χ0v) is 15.6. The molecule has 2 aromatic rings. The van der Waals surface area contributed by atoms with Gasteiger partial charge in [0.2, 0.25) is 5.91 Å². The molecule has 108 valence electrons. The van der Waals surface area contributed by atoms with Crippen molar-refractivity contribution in [2.45, 2.75) is 19.3 Å². The Balaban J connectivity index is 0.00000176. The van der Waals surface area contributed by atoms with E-state index in [-0.39, 0.29) is 41.9 Å². The van der Waals surface area contributed by atoms with E-state index >= 15 is 0 Å². The molecule has 1 heterocycles. The van der Waals surface area contributed by atoms with Crippen LogP contribution in [0.15, 0.2) is 34.9 Å². The molecular formula is C15H12BrN2NaO3. The molecule has 0 unspecified atom stereocenters. The van der Waals surface area contributed by atoms with Gasteiger partial charge in [0.15, 0.2) is 0 Å². The zero-order valence-electron chi connectivity index (χ0n) is 12.1. The standard InChI is InChI=1S/C15H13BrN2O3.Na/c16-10-1-2-12-9(5-10)6-11(8-17-12)18-13(19)7-15(3-4-15)14(20)21;/h1-2,5-6,8H,3-4,7H2,(H,18,19)(H,20,21);/q;+1/p-1. The Morgan fingerprint density at radius 3 is 2.68 bits per heavy atom. The Labute approximate surface area is 157 Å². The van der Waals surface area contributed by atoms with Crippen molar-refractivity contribution in [2.75, 3.05) is 5.32 Å². The third-order valence-electron chi connectivity index (χ3n) is 3.71. The number of rotatable bonds is 4. The summed E-state index contributed by atoms with van der Waals surface area (Å²) < 4.78 is 0.925. The van der Waals surface area contributed by atoms with Crippen molar-refractivity contribution < 1.29 is 44.3 Å². The third-order valence-corrected chi connectivity index (χ3v) is 4.21. The predicted molar refractivity (Wildman–Crippen MR) is 79.4 cm³/mol. The molecule has 7 heteroatoms. The summed E-state index contributed by atoms with van der Waals surface area (Å²) in [7, 11) is 0. The molecule has 3 rings (SSSR count). The van der Waals surface area contributed by atoms with E-state index in [4.69, 9.17) is 0 Å². The molecule has 0 aliphatic heterocycles. The van der Waals surface area contributed by atoms with E-state index in [0.717, 1.165) is 15.4 Å². The van der Waals surface area contributed by atoms with Gasteiger partial charge in [-0.2, -0.15) is 0 Å². The molecule has 1 amide bonds. The molecule has 0 bridgehead atoms. The zero-order chi connectivity index (χ0) is 15.0. The maximum absolute atomic E-state index is 11.9. The second-order valence-corrected chi connectivity index (χ2v) is 6.27. The van der Waals surface area contributed by atoms with E-state index < -0.39 is 11.4 Å². The molecule has 1 aliphatic carbocycles. The maximum Gasteiger partial charge on any atom is 1.00 e. The summed E-state index contributed by atoms with van der Waals surface area (Å²) in [5.41, 5.74) is 0.418. The minimum Gasteiger partial charge on any atom is -0.550 e. The van der Waals surface area contributed by atoms with Crippen LogP contribution in [-0.2, 0) is 9.59 Å². The largest absolute Gasteiger partial charge is 1.00 e. The van der Waals surface area contributed by atoms with Crippen LogP contribution in [0.4, 0.5) is 5.69 Å². The van der Waals surface area contributed by atoms with Crippen molar-refractivity contribution in [3.8, 4) is 0 Å². The van der Waals surface area contributed by atoms with Gasteiger partial charge in [0.1, 0.15) is 0 Å². The first kappa shape index (κ1) is 17.4. The van der Waals surface area contributed by atoms with Gasteiger partial charge in [-0.05, 0) is 37.1 Å². The predicted octanol–water partition coefficient (Wildman–Crippen LogP) is -1.14. The molecule has 5 nitrogen and oxygen atoms in total. The van der Waals surface area contributed by atoms with E-state index in [0.29, 0.717) is 18.5 Å². The average Bonchev–Trinajstić information content (AvgIpc) is 3.19. The van der Waals surface area contributed by atoms with Crippen LogP contribution in [0.2, 0.25) is 0 Å². The molecule has 0 spiro atoms. The van der Waals surface area contributed by atoms with Crippen LogP contribution >= 0.6 is 15.9 Å². The summed E-state index contributed by atoms with van der Waals surface area (Å²) in [6.45, 7) is 0. The molecule has 0 atom stereocenters. The second kappa shape index (κ2) is 6.66. The van der Waals surface area contributed by atoms with Crippen LogP contribution in [0, 0.1) is 5.41 Å². The number of carboxylic acids is 1. The minimum atomic E-state index is -1.14. The second-order valence-electron chi connectivity index (χ2n) is 5.35. The van der Waals surface area contributed by atoms with Gasteiger partial charge in [0, 0.05) is 27.7 Å². The van der Waals surface area contributed by atoms with E-state index in [1.165, 1.54) is 0 Å². The molecule has 1 N–H and O–H groups in total. The van der Waals surface area contributed by atoms with Crippen molar-refractivity contribution in [3.63, 3.8) is 0 Å². The Morgan fingerprint density at radius 2 is 2.05 bits per heavy atom. The molecule has 1 fully saturated rings. The van der Waals surface area contributed by atoms with Crippen LogP contribution < -0.4 is 40.0 Å². The maximum atomic E-state index is 11.9. The van der Waals surface area contributed by atoms with E-state index in [2.05, 4.69) is 26.2 Å². The van der Waals surface area contributed by atoms with Gasteiger partial charge in [-0.1, -0.05) is 15.9 Å². The number of carbonyl (C=O) groups is 2. The van der Waals surface area contributed by atoms with Gasteiger partial charge in [0.25, 0.3) is 0 Å². The number of nitrogens with zero attached hydrogens (tertiary/aromatic N) is 1. The number of pyridine rings is 1. The van der Waals surface area contributed by atoms with E-state index in [1.807, 2.05) is 24.3 Å². The molecule has 0 saturated heterocycles. The van der Waals surface area contributed by atoms with Crippen LogP contribution in [0.5, 0.6) is 0 Å². The minimum absolute atomic E-state index is 0. The Morgan fingerprint density at radius 1 is 1.32 bits per heavy atom. The SMILES string of the molecule is O=C(CC1(C(=O)[O-])CC1)Nc1cnc2ccc(Br)cc2c1.[Na+]. The van der Waals surface area contributed by atoms with Crippen LogP contribution in [0.3, 0.4) is 0 Å². The van der Waals surface area contributed by atoms with E-state index in [9.17, 15) is 14.7 Å². The van der Waals surface area contributed by atoms with Gasteiger partial charge in [-0.3, -0.25) is 9.78 Å². The Kier molecular flexibility index (Phi) is 5.27. The normalized spacial score (nSPS) is 15.0. The van der Waals surface area contributed by atoms with Crippen LogP contribution in [0.25, 0.3) is 10.9 Å². The van der Waals surface area contributed by atoms with E-state index in [1.54, 1.807) is 6.20 Å². The number of hydrogen-bond acceptors (Lipinski definition) is 4. The fourth-order valence-electron chi connectivity index (χ4n) is 2.29. The first-order valence-corrected chi connectivity index (χ1v) is 7.34. The molecular weight excluding hydrogens is 359 g/mol. The summed E-state index contributed by atoms with van der Waals surface area (Å²) >= 11 is 3.38. The quantitative estimate of drug-likeness (QED) is 0.689. The summed E-state index contributed by atoms with van der Waals surface area (Å²) in [6.07, 6.45) is 2.52. The Bertz CT molecular complexity index is 747. The third kappa shape index (κ3) is 3.68. The molecule has 1 aliphatic rings. The Hall–Kier alpha value is -0.950. The van der Waals surface area contributed by atoms with Gasteiger partial charge in [-0.25, -0.2) is 0 Å². The number of aromatic nitrogens is 1. The van der Waals surface area contributed by atoms with Gasteiger partial charge in [-0.15, -0.1) is 0 Å².